The number of piperidine rings is 1. The van der Waals surface area contributed by atoms with Crippen LogP contribution in [0.2, 0.25) is 0 Å². The molecule has 196 valence electrons. The first-order chi connectivity index (χ1) is 17.8. The average molecular weight is 519 g/mol. The summed E-state index contributed by atoms with van der Waals surface area (Å²) in [4.78, 5) is 17.4. The van der Waals surface area contributed by atoms with Gasteiger partial charge in [0.25, 0.3) is 6.43 Å². The largest absolute Gasteiger partial charge is 0.479 e. The molecule has 0 unspecified atom stereocenters. The van der Waals surface area contributed by atoms with Crippen molar-refractivity contribution in [3.05, 3.63) is 30.5 Å². The van der Waals surface area contributed by atoms with Crippen molar-refractivity contribution in [2.24, 2.45) is 0 Å². The van der Waals surface area contributed by atoms with Gasteiger partial charge in [0.2, 0.25) is 17.7 Å². The summed E-state index contributed by atoms with van der Waals surface area (Å²) in [6.45, 7) is 0.876. The predicted molar refractivity (Wildman–Crippen MR) is 127 cm³/mol. The van der Waals surface area contributed by atoms with Crippen molar-refractivity contribution >= 4 is 28.4 Å². The lowest BCUT2D eigenvalue weighted by atomic mass is 10.0. The number of aliphatic hydroxyl groups is 1. The summed E-state index contributed by atoms with van der Waals surface area (Å²) in [6.07, 6.45) is -1.98. The van der Waals surface area contributed by atoms with Gasteiger partial charge in [0.15, 0.2) is 0 Å². The molecule has 11 nitrogen and oxygen atoms in total. The molecule has 0 saturated carbocycles. The number of benzene rings is 1. The molecule has 0 spiro atoms. The van der Waals surface area contributed by atoms with Crippen LogP contribution in [0.4, 0.5) is 19.1 Å². The fraction of sp³-hybridized carbons (Fsp3) is 0.435. The van der Waals surface area contributed by atoms with Crippen LogP contribution in [-0.4, -0.2) is 91.0 Å². The molecular weight excluding hydrogens is 493 g/mol. The third kappa shape index (κ3) is 4.52. The second kappa shape index (κ2) is 9.84. The van der Waals surface area contributed by atoms with Crippen LogP contribution in [0.25, 0.3) is 27.7 Å². The molecule has 1 aliphatic rings. The highest BCUT2D eigenvalue weighted by Crippen LogP contribution is 2.34. The zero-order valence-corrected chi connectivity index (χ0v) is 20.1. The van der Waals surface area contributed by atoms with Gasteiger partial charge in [0, 0.05) is 18.3 Å². The third-order valence-corrected chi connectivity index (χ3v) is 6.55. The Morgan fingerprint density at radius 1 is 1.32 bits per heavy atom. The Morgan fingerprint density at radius 2 is 2.14 bits per heavy atom. The van der Waals surface area contributed by atoms with Gasteiger partial charge in [-0.2, -0.15) is 4.98 Å². The van der Waals surface area contributed by atoms with Gasteiger partial charge in [-0.25, -0.2) is 22.4 Å². The summed E-state index contributed by atoms with van der Waals surface area (Å²) in [5, 5.41) is 24.3. The van der Waals surface area contributed by atoms with Crippen LogP contribution in [0, 0.1) is 0 Å². The number of halogens is 3. The summed E-state index contributed by atoms with van der Waals surface area (Å²) < 4.78 is 49.7. The molecule has 4 aromatic rings. The monoisotopic (exact) mass is 518 g/mol. The van der Waals surface area contributed by atoms with Gasteiger partial charge in [-0.1, -0.05) is 11.3 Å². The van der Waals surface area contributed by atoms with Crippen molar-refractivity contribution in [2.45, 2.75) is 38.0 Å². The normalized spacial score (nSPS) is 19.1. The van der Waals surface area contributed by atoms with E-state index in [0.29, 0.717) is 40.6 Å². The number of methoxy groups -OCH3 is 1. The van der Waals surface area contributed by atoms with Crippen LogP contribution in [0.5, 0.6) is 5.88 Å². The van der Waals surface area contributed by atoms with Crippen molar-refractivity contribution < 1.29 is 27.8 Å². The van der Waals surface area contributed by atoms with Gasteiger partial charge < -0.3 is 20.1 Å². The van der Waals surface area contributed by atoms with Crippen molar-refractivity contribution in [3.63, 3.8) is 0 Å². The van der Waals surface area contributed by atoms with E-state index in [9.17, 15) is 18.0 Å². The Kier molecular flexibility index (Phi) is 6.58. The van der Waals surface area contributed by atoms with Gasteiger partial charge in [-0.05, 0) is 37.1 Å². The molecule has 0 radical (unpaired) electrons. The molecule has 37 heavy (non-hydrogen) atoms. The maximum Gasteiger partial charge on any atom is 0.260 e. The number of likely N-dealkylation sites (tertiary alicyclic amines) is 1. The van der Waals surface area contributed by atoms with Gasteiger partial charge in [-0.3, -0.25) is 4.79 Å². The van der Waals surface area contributed by atoms with Crippen LogP contribution in [0.3, 0.4) is 0 Å². The number of hydrogen-bond acceptors (Lipinski definition) is 8. The molecule has 1 aromatic carbocycles. The second-order valence-electron chi connectivity index (χ2n) is 8.83. The summed E-state index contributed by atoms with van der Waals surface area (Å²) in [5.74, 6) is -0.140. The van der Waals surface area contributed by atoms with Crippen LogP contribution >= 0.6 is 0 Å². The number of aromatic nitrogens is 6. The number of carbonyl (C=O) groups excluding carboxylic acids is 1. The number of nitrogens with one attached hydrogen (secondary N) is 1. The molecule has 1 aliphatic heterocycles. The lowest BCUT2D eigenvalue weighted by molar-refractivity contribution is -0.136. The highest BCUT2D eigenvalue weighted by atomic mass is 19.3. The van der Waals surface area contributed by atoms with E-state index in [4.69, 9.17) is 9.84 Å². The van der Waals surface area contributed by atoms with E-state index in [-0.39, 0.29) is 18.4 Å². The molecule has 0 aliphatic carbocycles. The Labute approximate surface area is 208 Å². The molecule has 2 N–H and O–H groups in total. The number of ether oxygens (including phenoxy) is 1. The Balaban J connectivity index is 1.46. The minimum atomic E-state index is -2.60. The Bertz CT molecular complexity index is 1440. The van der Waals surface area contributed by atoms with Crippen LogP contribution in [0.15, 0.2) is 30.5 Å². The molecule has 14 heteroatoms. The fourth-order valence-electron chi connectivity index (χ4n) is 4.50. The molecule has 1 fully saturated rings. The van der Waals surface area contributed by atoms with Crippen LogP contribution < -0.4 is 10.1 Å². The number of hydrogen-bond donors (Lipinski definition) is 2. The fourth-order valence-corrected chi connectivity index (χ4v) is 4.50. The lowest BCUT2D eigenvalue weighted by Gasteiger charge is -2.34. The number of carbonyl (C=O) groups is 1. The minimum Gasteiger partial charge on any atom is -0.479 e. The van der Waals surface area contributed by atoms with Gasteiger partial charge in [0.05, 0.1) is 25.2 Å². The summed E-state index contributed by atoms with van der Waals surface area (Å²) in [7, 11) is 1.45. The van der Waals surface area contributed by atoms with Crippen molar-refractivity contribution in [2.75, 3.05) is 32.1 Å². The molecular formula is C23H25F3N8O3. The van der Waals surface area contributed by atoms with E-state index in [2.05, 4.69) is 25.7 Å². The standard InChI is InChI=1S/C23H25F3N8O3/c1-12(21(25)26)34-18-9-13(3-4-17(18)29-31-34)14-5-8-33-20(14)22(37-2)28-23(30-33)27-16-6-7-32(10-15(16)24)19(36)11-35/h3-5,8-9,12,15-16,21,35H,6-7,10-11H2,1-2H3,(H,27,30)/t12-,15+,16-/m0/s1. The second-order valence-corrected chi connectivity index (χ2v) is 8.83. The highest BCUT2D eigenvalue weighted by Gasteiger charge is 2.32. The Morgan fingerprint density at radius 3 is 2.84 bits per heavy atom. The number of rotatable bonds is 7. The topological polar surface area (TPSA) is 123 Å². The van der Waals surface area contributed by atoms with Crippen molar-refractivity contribution in [1.82, 2.24) is 34.5 Å². The maximum atomic E-state index is 14.8. The smallest absolute Gasteiger partial charge is 0.260 e. The van der Waals surface area contributed by atoms with Crippen molar-refractivity contribution in [3.8, 4) is 17.0 Å². The van der Waals surface area contributed by atoms with E-state index >= 15 is 0 Å². The van der Waals surface area contributed by atoms with E-state index in [1.54, 1.807) is 35.0 Å². The van der Waals surface area contributed by atoms with Gasteiger partial charge in [-0.15, -0.1) is 10.2 Å². The quantitative estimate of drug-likeness (QED) is 0.382. The molecule has 1 amide bonds. The third-order valence-electron chi connectivity index (χ3n) is 6.55. The SMILES string of the molecule is COc1nc(N[C@H]2CCN(C(=O)CO)C[C@H]2F)nn2ccc(-c3ccc4nnn([C@@H](C)C(F)F)c4c3)c12. The highest BCUT2D eigenvalue weighted by molar-refractivity contribution is 5.89. The summed E-state index contributed by atoms with van der Waals surface area (Å²) in [5.41, 5.74) is 2.88. The number of aliphatic hydroxyl groups excluding tert-OH is 1. The molecule has 0 bridgehead atoms. The molecule has 5 rings (SSSR count). The number of amides is 1. The van der Waals surface area contributed by atoms with Crippen LogP contribution in [-0.2, 0) is 4.79 Å². The van der Waals surface area contributed by atoms with Gasteiger partial charge >= 0.3 is 0 Å². The van der Waals surface area contributed by atoms with E-state index in [1.165, 1.54) is 23.6 Å². The number of nitrogens with zero attached hydrogens (tertiary/aromatic N) is 7. The van der Waals surface area contributed by atoms with E-state index < -0.39 is 37.2 Å². The van der Waals surface area contributed by atoms with E-state index in [0.717, 1.165) is 0 Å². The zero-order valence-electron chi connectivity index (χ0n) is 20.1. The molecule has 3 aromatic heterocycles. The Hall–Kier alpha value is -3.94. The molecule has 3 atom stereocenters. The van der Waals surface area contributed by atoms with E-state index in [1.807, 2.05) is 0 Å². The van der Waals surface area contributed by atoms with Gasteiger partial charge in [0.1, 0.15) is 29.9 Å². The number of alkyl halides is 3. The first-order valence-corrected chi connectivity index (χ1v) is 11.7. The lowest BCUT2D eigenvalue weighted by Crippen LogP contribution is -2.50. The van der Waals surface area contributed by atoms with Crippen LogP contribution in [0.1, 0.15) is 19.4 Å². The van der Waals surface area contributed by atoms with Crippen molar-refractivity contribution in [1.29, 1.82) is 0 Å². The number of fused-ring (bicyclic) bond motifs is 2. The maximum absolute atomic E-state index is 14.8. The first kappa shape index (κ1) is 24.7. The first-order valence-electron chi connectivity index (χ1n) is 11.7. The number of anilines is 1. The minimum absolute atomic E-state index is 0.137. The predicted octanol–water partition coefficient (Wildman–Crippen LogP) is 2.32. The summed E-state index contributed by atoms with van der Waals surface area (Å²) >= 11 is 0. The average Bonchev–Trinajstić information content (AvgIpc) is 3.52. The summed E-state index contributed by atoms with van der Waals surface area (Å²) in [6, 6.07) is 5.24. The zero-order chi connectivity index (χ0) is 26.3. The molecule has 4 heterocycles. The molecule has 1 saturated heterocycles.